The van der Waals surface area contributed by atoms with E-state index in [-0.39, 0.29) is 24.2 Å². The lowest BCUT2D eigenvalue weighted by Crippen LogP contribution is -2.31. The fourth-order valence-electron chi connectivity index (χ4n) is 2.70. The highest BCUT2D eigenvalue weighted by atomic mass is 16.2. The van der Waals surface area contributed by atoms with Crippen LogP contribution in [-0.4, -0.2) is 16.8 Å². The Morgan fingerprint density at radius 1 is 1.19 bits per heavy atom. The van der Waals surface area contributed by atoms with Crippen LogP contribution in [0.1, 0.15) is 17.5 Å². The Labute approximate surface area is 123 Å². The number of rotatable bonds is 3. The maximum atomic E-state index is 12.5. The molecule has 1 aliphatic heterocycles. The molecule has 2 aromatic rings. The summed E-state index contributed by atoms with van der Waals surface area (Å²) >= 11 is 0. The van der Waals surface area contributed by atoms with Gasteiger partial charge in [0.2, 0.25) is 11.8 Å². The topological polar surface area (TPSA) is 50.3 Å². The van der Waals surface area contributed by atoms with E-state index in [1.54, 1.807) is 24.4 Å². The molecule has 0 bridgehead atoms. The van der Waals surface area contributed by atoms with Crippen LogP contribution in [-0.2, 0) is 16.0 Å². The van der Waals surface area contributed by atoms with Crippen molar-refractivity contribution >= 4 is 17.6 Å². The zero-order valence-corrected chi connectivity index (χ0v) is 11.8. The van der Waals surface area contributed by atoms with Crippen LogP contribution in [0, 0.1) is 12.8 Å². The Hall–Kier alpha value is -2.49. The summed E-state index contributed by atoms with van der Waals surface area (Å²) in [5, 5.41) is 0. The maximum absolute atomic E-state index is 12.5. The molecule has 0 saturated carbocycles. The van der Waals surface area contributed by atoms with Gasteiger partial charge in [-0.25, -0.2) is 9.88 Å². The lowest BCUT2D eigenvalue weighted by Gasteiger charge is -2.13. The van der Waals surface area contributed by atoms with E-state index in [4.69, 9.17) is 0 Å². The molecule has 3 rings (SSSR count). The molecule has 0 aliphatic carbocycles. The van der Waals surface area contributed by atoms with Crippen LogP contribution in [0.4, 0.5) is 5.82 Å². The molecule has 1 aliphatic rings. The number of imide groups is 1. The van der Waals surface area contributed by atoms with E-state index in [2.05, 4.69) is 11.1 Å². The highest BCUT2D eigenvalue weighted by molar-refractivity contribution is 6.20. The van der Waals surface area contributed by atoms with Crippen molar-refractivity contribution in [3.05, 3.63) is 59.8 Å². The van der Waals surface area contributed by atoms with Gasteiger partial charge in [0.1, 0.15) is 5.82 Å². The molecule has 0 unspecified atom stereocenters. The van der Waals surface area contributed by atoms with Gasteiger partial charge in [0.05, 0.1) is 5.92 Å². The van der Waals surface area contributed by atoms with Crippen LogP contribution in [0.2, 0.25) is 0 Å². The first-order valence-electron chi connectivity index (χ1n) is 6.98. The zero-order chi connectivity index (χ0) is 14.8. The van der Waals surface area contributed by atoms with Gasteiger partial charge in [-0.2, -0.15) is 0 Å². The predicted molar refractivity (Wildman–Crippen MR) is 79.7 cm³/mol. The molecule has 2 amide bonds. The van der Waals surface area contributed by atoms with Crippen LogP contribution >= 0.6 is 0 Å². The molecule has 4 heteroatoms. The Morgan fingerprint density at radius 2 is 2.05 bits per heavy atom. The Bertz CT molecular complexity index is 682. The van der Waals surface area contributed by atoms with Crippen molar-refractivity contribution in [3.8, 4) is 0 Å². The largest absolute Gasteiger partial charge is 0.274 e. The van der Waals surface area contributed by atoms with Crippen molar-refractivity contribution in [1.82, 2.24) is 4.98 Å². The lowest BCUT2D eigenvalue weighted by atomic mass is 9.97. The molecule has 1 aromatic heterocycles. The van der Waals surface area contributed by atoms with Gasteiger partial charge in [-0.1, -0.05) is 35.9 Å². The van der Waals surface area contributed by atoms with Crippen molar-refractivity contribution in [2.75, 3.05) is 4.90 Å². The summed E-state index contributed by atoms with van der Waals surface area (Å²) in [6.45, 7) is 2.02. The number of hydrogen-bond acceptors (Lipinski definition) is 3. The summed E-state index contributed by atoms with van der Waals surface area (Å²) in [6, 6.07) is 13.3. The highest BCUT2D eigenvalue weighted by Crippen LogP contribution is 2.27. The number of carbonyl (C=O) groups excluding carboxylic acids is 2. The fraction of sp³-hybridized carbons (Fsp3) is 0.235. The molecule has 1 fully saturated rings. The zero-order valence-electron chi connectivity index (χ0n) is 11.8. The van der Waals surface area contributed by atoms with Crippen LogP contribution in [0.25, 0.3) is 0 Å². The Balaban J connectivity index is 1.81. The SMILES string of the molecule is Cc1cccc(C[C@@H]2CC(=O)N(c3ccccn3)C2=O)c1. The molecular weight excluding hydrogens is 264 g/mol. The quantitative estimate of drug-likeness (QED) is 0.812. The van der Waals surface area contributed by atoms with E-state index in [9.17, 15) is 9.59 Å². The van der Waals surface area contributed by atoms with Gasteiger partial charge >= 0.3 is 0 Å². The average Bonchev–Trinajstić information content (AvgIpc) is 2.74. The molecule has 21 heavy (non-hydrogen) atoms. The fourth-order valence-corrected chi connectivity index (χ4v) is 2.70. The second-order valence-corrected chi connectivity index (χ2v) is 5.35. The Kier molecular flexibility index (Phi) is 3.52. The number of hydrogen-bond donors (Lipinski definition) is 0. The molecule has 106 valence electrons. The number of carbonyl (C=O) groups is 2. The molecule has 0 spiro atoms. The summed E-state index contributed by atoms with van der Waals surface area (Å²) in [5.74, 6) is -0.197. The summed E-state index contributed by atoms with van der Waals surface area (Å²) in [7, 11) is 0. The van der Waals surface area contributed by atoms with Gasteiger partial charge in [0.15, 0.2) is 0 Å². The molecule has 2 heterocycles. The molecular formula is C17H16N2O2. The molecule has 1 atom stereocenters. The minimum absolute atomic E-state index is 0.153. The van der Waals surface area contributed by atoms with E-state index in [0.29, 0.717) is 12.2 Å². The minimum Gasteiger partial charge on any atom is -0.274 e. The van der Waals surface area contributed by atoms with Crippen LogP contribution in [0.5, 0.6) is 0 Å². The van der Waals surface area contributed by atoms with E-state index in [1.165, 1.54) is 4.90 Å². The third-order valence-corrected chi connectivity index (χ3v) is 3.68. The first-order valence-corrected chi connectivity index (χ1v) is 6.98. The normalized spacial score (nSPS) is 18.3. The van der Waals surface area contributed by atoms with Crippen LogP contribution in [0.3, 0.4) is 0 Å². The average molecular weight is 280 g/mol. The van der Waals surface area contributed by atoms with Crippen molar-refractivity contribution in [2.45, 2.75) is 19.8 Å². The van der Waals surface area contributed by atoms with Gasteiger partial charge in [-0.3, -0.25) is 9.59 Å². The van der Waals surface area contributed by atoms with Crippen molar-refractivity contribution in [2.24, 2.45) is 5.92 Å². The number of benzene rings is 1. The number of aromatic nitrogens is 1. The minimum atomic E-state index is -0.290. The van der Waals surface area contributed by atoms with Crippen LogP contribution < -0.4 is 4.90 Å². The van der Waals surface area contributed by atoms with Gasteiger partial charge in [0, 0.05) is 12.6 Å². The van der Waals surface area contributed by atoms with E-state index in [0.717, 1.165) is 11.1 Å². The van der Waals surface area contributed by atoms with Gasteiger partial charge in [-0.05, 0) is 31.0 Å². The number of aryl methyl sites for hydroxylation is 1. The van der Waals surface area contributed by atoms with Gasteiger partial charge < -0.3 is 0 Å². The van der Waals surface area contributed by atoms with Crippen LogP contribution in [0.15, 0.2) is 48.7 Å². The number of pyridine rings is 1. The smallest absolute Gasteiger partial charge is 0.238 e. The molecule has 0 N–H and O–H groups in total. The molecule has 1 aromatic carbocycles. The van der Waals surface area contributed by atoms with Crippen molar-refractivity contribution in [3.63, 3.8) is 0 Å². The first-order chi connectivity index (χ1) is 10.1. The second kappa shape index (κ2) is 5.48. The van der Waals surface area contributed by atoms with E-state index in [1.807, 2.05) is 25.1 Å². The molecule has 1 saturated heterocycles. The monoisotopic (exact) mass is 280 g/mol. The van der Waals surface area contributed by atoms with Gasteiger partial charge in [0.25, 0.3) is 0 Å². The molecule has 4 nitrogen and oxygen atoms in total. The second-order valence-electron chi connectivity index (χ2n) is 5.35. The van der Waals surface area contributed by atoms with Gasteiger partial charge in [-0.15, -0.1) is 0 Å². The summed E-state index contributed by atoms with van der Waals surface area (Å²) in [5.41, 5.74) is 2.25. The number of nitrogens with zero attached hydrogens (tertiary/aromatic N) is 2. The highest BCUT2D eigenvalue weighted by Gasteiger charge is 2.39. The summed E-state index contributed by atoms with van der Waals surface area (Å²) < 4.78 is 0. The summed E-state index contributed by atoms with van der Waals surface area (Å²) in [6.07, 6.45) is 2.43. The third kappa shape index (κ3) is 2.70. The summed E-state index contributed by atoms with van der Waals surface area (Å²) in [4.78, 5) is 29.9. The maximum Gasteiger partial charge on any atom is 0.238 e. The number of anilines is 1. The van der Waals surface area contributed by atoms with Crippen molar-refractivity contribution in [1.29, 1.82) is 0 Å². The number of amides is 2. The predicted octanol–water partition coefficient (Wildman–Crippen LogP) is 2.51. The van der Waals surface area contributed by atoms with E-state index >= 15 is 0 Å². The van der Waals surface area contributed by atoms with Crippen molar-refractivity contribution < 1.29 is 9.59 Å². The standard InChI is InChI=1S/C17H16N2O2/c1-12-5-4-6-13(9-12)10-14-11-16(20)19(17(14)21)15-7-2-3-8-18-15/h2-9,14H,10-11H2,1H3/t14-/m1/s1. The lowest BCUT2D eigenvalue weighted by molar-refractivity contribution is -0.122. The van der Waals surface area contributed by atoms with E-state index < -0.39 is 0 Å². The third-order valence-electron chi connectivity index (χ3n) is 3.68. The molecule has 0 radical (unpaired) electrons. The first kappa shape index (κ1) is 13.5. The Morgan fingerprint density at radius 3 is 2.76 bits per heavy atom.